The van der Waals surface area contributed by atoms with Gasteiger partial charge in [-0.05, 0) is 55.5 Å². The van der Waals surface area contributed by atoms with Crippen LogP contribution in [0, 0.1) is 0 Å². The molecule has 2 unspecified atom stereocenters. The first-order valence-electron chi connectivity index (χ1n) is 11.2. The van der Waals surface area contributed by atoms with Crippen LogP contribution in [0.25, 0.3) is 0 Å². The number of carbonyl (C=O) groups excluding carboxylic acids is 1. The lowest BCUT2D eigenvalue weighted by Gasteiger charge is -2.33. The number of fused-ring (bicyclic) bond motifs is 1. The summed E-state index contributed by atoms with van der Waals surface area (Å²) in [4.78, 5) is 15.2. The molecule has 2 aliphatic heterocycles. The summed E-state index contributed by atoms with van der Waals surface area (Å²) in [6.45, 7) is 5.34. The van der Waals surface area contributed by atoms with E-state index in [9.17, 15) is 13.2 Å². The van der Waals surface area contributed by atoms with Crippen molar-refractivity contribution in [2.45, 2.75) is 49.8 Å². The summed E-state index contributed by atoms with van der Waals surface area (Å²) in [5.41, 5.74) is 3.07. The highest BCUT2D eigenvalue weighted by atomic mass is 32.2. The van der Waals surface area contributed by atoms with Gasteiger partial charge in [0.05, 0.1) is 11.0 Å². The number of rotatable bonds is 8. The number of benzene rings is 2. The van der Waals surface area contributed by atoms with Crippen molar-refractivity contribution in [1.82, 2.24) is 14.9 Å². The summed E-state index contributed by atoms with van der Waals surface area (Å²) in [7, 11) is -3.70. The monoisotopic (exact) mass is 457 g/mol. The lowest BCUT2D eigenvalue weighted by atomic mass is 9.99. The van der Waals surface area contributed by atoms with Crippen LogP contribution in [0.15, 0.2) is 53.4 Å². The predicted octanol–water partition coefficient (Wildman–Crippen LogP) is 2.32. The van der Waals surface area contributed by atoms with E-state index in [2.05, 4.69) is 46.1 Å². The van der Waals surface area contributed by atoms with Crippen molar-refractivity contribution in [3.05, 3.63) is 65.2 Å². The second-order valence-electron chi connectivity index (χ2n) is 8.56. The highest BCUT2D eigenvalue weighted by Crippen LogP contribution is 2.20. The van der Waals surface area contributed by atoms with E-state index in [1.165, 1.54) is 23.3 Å². The van der Waals surface area contributed by atoms with Gasteiger partial charge in [0.15, 0.2) is 0 Å². The van der Waals surface area contributed by atoms with E-state index in [0.717, 1.165) is 32.4 Å². The molecule has 2 heterocycles. The Balaban J connectivity index is 1.32. The van der Waals surface area contributed by atoms with Gasteiger partial charge in [-0.2, -0.15) is 0 Å². The molecule has 7 nitrogen and oxygen atoms in total. The molecule has 0 bridgehead atoms. The standard InChI is InChI=1S/C24H31N3O4S/c1-18(27-12-11-19-6-2-3-7-21(19)17-27)15-25-24(28)20-8-4-10-23(14-20)32(29,30)26-16-22-9-5-13-31-22/h2-4,6-8,10,14,18,22,26H,5,9,11-13,15-17H2,1H3,(H,25,28). The van der Waals surface area contributed by atoms with Gasteiger partial charge in [0.25, 0.3) is 5.91 Å². The van der Waals surface area contributed by atoms with Gasteiger partial charge in [-0.3, -0.25) is 9.69 Å². The van der Waals surface area contributed by atoms with Crippen LogP contribution in [0.4, 0.5) is 0 Å². The summed E-state index contributed by atoms with van der Waals surface area (Å²) in [6.07, 6.45) is 2.73. The van der Waals surface area contributed by atoms with Gasteiger partial charge in [0, 0.05) is 44.4 Å². The van der Waals surface area contributed by atoms with Crippen LogP contribution >= 0.6 is 0 Å². The van der Waals surface area contributed by atoms with E-state index in [1.807, 2.05) is 0 Å². The largest absolute Gasteiger partial charge is 0.377 e. The van der Waals surface area contributed by atoms with Crippen molar-refractivity contribution in [2.75, 3.05) is 26.2 Å². The Labute approximate surface area is 190 Å². The minimum Gasteiger partial charge on any atom is -0.377 e. The molecule has 0 aliphatic carbocycles. The van der Waals surface area contributed by atoms with Crippen LogP contribution in [0.3, 0.4) is 0 Å². The van der Waals surface area contributed by atoms with Crippen LogP contribution < -0.4 is 10.0 Å². The van der Waals surface area contributed by atoms with Crippen LogP contribution in [0.1, 0.15) is 41.3 Å². The fourth-order valence-electron chi connectivity index (χ4n) is 4.26. The van der Waals surface area contributed by atoms with Gasteiger partial charge < -0.3 is 10.1 Å². The Hall–Kier alpha value is -2.26. The number of hydrogen-bond donors (Lipinski definition) is 2. The van der Waals surface area contributed by atoms with Crippen molar-refractivity contribution in [3.8, 4) is 0 Å². The number of nitrogens with zero attached hydrogens (tertiary/aromatic N) is 1. The fraction of sp³-hybridized carbons (Fsp3) is 0.458. The van der Waals surface area contributed by atoms with Crippen molar-refractivity contribution in [3.63, 3.8) is 0 Å². The summed E-state index contributed by atoms with van der Waals surface area (Å²) in [5, 5.41) is 2.96. The topological polar surface area (TPSA) is 87.7 Å². The maximum atomic E-state index is 12.7. The number of amides is 1. The predicted molar refractivity (Wildman–Crippen MR) is 123 cm³/mol. The summed E-state index contributed by atoms with van der Waals surface area (Å²) < 4.78 is 33.3. The van der Waals surface area contributed by atoms with Crippen molar-refractivity contribution < 1.29 is 17.9 Å². The van der Waals surface area contributed by atoms with E-state index < -0.39 is 10.0 Å². The SMILES string of the molecule is CC(CNC(=O)c1cccc(S(=O)(=O)NCC2CCCO2)c1)N1CCc2ccccc2C1. The molecule has 0 spiro atoms. The molecule has 2 aromatic rings. The number of sulfonamides is 1. The molecule has 1 amide bonds. The van der Waals surface area contributed by atoms with Crippen LogP contribution in [-0.2, 0) is 27.7 Å². The van der Waals surface area contributed by atoms with Crippen molar-refractivity contribution in [1.29, 1.82) is 0 Å². The summed E-state index contributed by atoms with van der Waals surface area (Å²) >= 11 is 0. The third-order valence-corrected chi connectivity index (χ3v) is 7.69. The van der Waals surface area contributed by atoms with E-state index in [1.54, 1.807) is 12.1 Å². The van der Waals surface area contributed by atoms with Crippen LogP contribution in [-0.4, -0.2) is 57.6 Å². The molecular formula is C24H31N3O4S. The van der Waals surface area contributed by atoms with Crippen LogP contribution in [0.5, 0.6) is 0 Å². The first kappa shape index (κ1) is 22.9. The molecule has 0 saturated carbocycles. The van der Waals surface area contributed by atoms with Crippen LogP contribution in [0.2, 0.25) is 0 Å². The quantitative estimate of drug-likeness (QED) is 0.635. The molecule has 1 fully saturated rings. The number of nitrogens with one attached hydrogen (secondary N) is 2. The number of hydrogen-bond acceptors (Lipinski definition) is 5. The Morgan fingerprint density at radius 2 is 2.00 bits per heavy atom. The van der Waals surface area contributed by atoms with E-state index in [0.29, 0.717) is 18.7 Å². The van der Waals surface area contributed by atoms with Gasteiger partial charge >= 0.3 is 0 Å². The summed E-state index contributed by atoms with van der Waals surface area (Å²) in [5.74, 6) is -0.273. The molecule has 32 heavy (non-hydrogen) atoms. The molecule has 1 saturated heterocycles. The molecule has 2 aromatic carbocycles. The average molecular weight is 458 g/mol. The zero-order chi connectivity index (χ0) is 22.6. The van der Waals surface area contributed by atoms with Gasteiger partial charge in [0.1, 0.15) is 0 Å². The molecule has 8 heteroatoms. The molecule has 172 valence electrons. The normalized spacial score (nSPS) is 20.0. The second kappa shape index (κ2) is 10.1. The lowest BCUT2D eigenvalue weighted by Crippen LogP contribution is -2.44. The molecule has 0 radical (unpaired) electrons. The Morgan fingerprint density at radius 3 is 2.78 bits per heavy atom. The number of ether oxygens (including phenoxy) is 1. The Kier molecular flexibility index (Phi) is 7.25. The molecule has 4 rings (SSSR count). The molecule has 2 aliphatic rings. The second-order valence-corrected chi connectivity index (χ2v) is 10.3. The summed E-state index contributed by atoms with van der Waals surface area (Å²) in [6, 6.07) is 14.8. The van der Waals surface area contributed by atoms with Gasteiger partial charge in [0.2, 0.25) is 10.0 Å². The minimum atomic E-state index is -3.70. The highest BCUT2D eigenvalue weighted by molar-refractivity contribution is 7.89. The first-order valence-corrected chi connectivity index (χ1v) is 12.7. The third-order valence-electron chi connectivity index (χ3n) is 6.27. The average Bonchev–Trinajstić information content (AvgIpc) is 3.35. The zero-order valence-electron chi connectivity index (χ0n) is 18.4. The van der Waals surface area contributed by atoms with E-state index in [4.69, 9.17) is 4.74 Å². The van der Waals surface area contributed by atoms with E-state index in [-0.39, 0.29) is 29.5 Å². The fourth-order valence-corrected chi connectivity index (χ4v) is 5.37. The molecule has 2 atom stereocenters. The zero-order valence-corrected chi connectivity index (χ0v) is 19.2. The first-order chi connectivity index (χ1) is 15.4. The third kappa shape index (κ3) is 5.56. The van der Waals surface area contributed by atoms with Gasteiger partial charge in [-0.25, -0.2) is 13.1 Å². The Morgan fingerprint density at radius 1 is 1.19 bits per heavy atom. The highest BCUT2D eigenvalue weighted by Gasteiger charge is 2.23. The maximum absolute atomic E-state index is 12.7. The van der Waals surface area contributed by atoms with Gasteiger partial charge in [-0.1, -0.05) is 30.3 Å². The van der Waals surface area contributed by atoms with Crippen molar-refractivity contribution in [2.24, 2.45) is 0 Å². The lowest BCUT2D eigenvalue weighted by molar-refractivity contribution is 0.0932. The Bertz CT molecular complexity index is 1050. The molecule has 2 N–H and O–H groups in total. The smallest absolute Gasteiger partial charge is 0.251 e. The number of carbonyl (C=O) groups is 1. The van der Waals surface area contributed by atoms with Gasteiger partial charge in [-0.15, -0.1) is 0 Å². The van der Waals surface area contributed by atoms with E-state index >= 15 is 0 Å². The maximum Gasteiger partial charge on any atom is 0.251 e. The minimum absolute atomic E-state index is 0.0838. The van der Waals surface area contributed by atoms with Crippen molar-refractivity contribution >= 4 is 15.9 Å². The molecule has 0 aromatic heterocycles. The molecular weight excluding hydrogens is 426 g/mol.